The maximum Gasteiger partial charge on any atom is 0.0864 e. The van der Waals surface area contributed by atoms with Crippen molar-refractivity contribution in [3.8, 4) is 11.4 Å². The Morgan fingerprint density at radius 1 is 1.06 bits per heavy atom. The number of rotatable bonds is 1. The van der Waals surface area contributed by atoms with E-state index < -0.39 is 0 Å². The molecule has 0 aliphatic carbocycles. The largest absolute Gasteiger partial charge is 0.353 e. The van der Waals surface area contributed by atoms with Gasteiger partial charge in [-0.1, -0.05) is 17.7 Å². The fraction of sp³-hybridized carbons (Fsp3) is 0. The molecular formula is C13H9ClN2. The van der Waals surface area contributed by atoms with Gasteiger partial charge in [0.2, 0.25) is 0 Å². The first-order valence-corrected chi connectivity index (χ1v) is 5.40. The molecule has 2 nitrogen and oxygen atoms in total. The number of fused-ring (bicyclic) bond motifs is 1. The molecule has 3 heteroatoms. The lowest BCUT2D eigenvalue weighted by atomic mass is 10.2. The number of pyridine rings is 1. The van der Waals surface area contributed by atoms with Crippen LogP contribution in [0, 0.1) is 0 Å². The smallest absolute Gasteiger partial charge is 0.0864 e. The van der Waals surface area contributed by atoms with Gasteiger partial charge in [0.05, 0.1) is 11.4 Å². The molecule has 0 bridgehead atoms. The second-order valence-corrected chi connectivity index (χ2v) is 4.07. The predicted molar refractivity (Wildman–Crippen MR) is 66.5 cm³/mol. The molecule has 0 aliphatic heterocycles. The zero-order chi connectivity index (χ0) is 11.0. The van der Waals surface area contributed by atoms with Crippen LogP contribution < -0.4 is 0 Å². The van der Waals surface area contributed by atoms with E-state index in [0.717, 1.165) is 27.3 Å². The van der Waals surface area contributed by atoms with E-state index in [1.165, 1.54) is 0 Å². The van der Waals surface area contributed by atoms with E-state index in [2.05, 4.69) is 16.0 Å². The normalized spacial score (nSPS) is 10.8. The van der Waals surface area contributed by atoms with E-state index in [1.807, 2.05) is 36.4 Å². The first-order chi connectivity index (χ1) is 7.83. The van der Waals surface area contributed by atoms with Crippen molar-refractivity contribution >= 4 is 22.5 Å². The second kappa shape index (κ2) is 3.65. The number of aromatic amines is 1. The van der Waals surface area contributed by atoms with Gasteiger partial charge in [0.15, 0.2) is 0 Å². The molecule has 78 valence electrons. The molecule has 1 N–H and O–H groups in total. The molecule has 3 aromatic rings. The van der Waals surface area contributed by atoms with Crippen LogP contribution in [0.3, 0.4) is 0 Å². The van der Waals surface area contributed by atoms with E-state index in [9.17, 15) is 0 Å². The minimum Gasteiger partial charge on any atom is -0.353 e. The molecule has 0 fully saturated rings. The lowest BCUT2D eigenvalue weighted by Gasteiger charge is -1.93. The minimum absolute atomic E-state index is 0.749. The summed E-state index contributed by atoms with van der Waals surface area (Å²) in [7, 11) is 0. The summed E-state index contributed by atoms with van der Waals surface area (Å²) in [5.41, 5.74) is 3.03. The van der Waals surface area contributed by atoms with Crippen molar-refractivity contribution in [2.24, 2.45) is 0 Å². The van der Waals surface area contributed by atoms with Crippen LogP contribution in [0.25, 0.3) is 22.3 Å². The molecule has 16 heavy (non-hydrogen) atoms. The van der Waals surface area contributed by atoms with Crippen LogP contribution in [-0.2, 0) is 0 Å². The number of H-pyrrole nitrogens is 1. The molecule has 2 heterocycles. The van der Waals surface area contributed by atoms with Crippen LogP contribution in [0.2, 0.25) is 5.02 Å². The summed E-state index contributed by atoms with van der Waals surface area (Å²) in [6, 6.07) is 13.7. The van der Waals surface area contributed by atoms with Crippen LogP contribution in [0.4, 0.5) is 0 Å². The quantitative estimate of drug-likeness (QED) is 0.673. The molecule has 0 radical (unpaired) electrons. The summed E-state index contributed by atoms with van der Waals surface area (Å²) in [5, 5.41) is 1.85. The first-order valence-electron chi connectivity index (χ1n) is 5.02. The van der Waals surface area contributed by atoms with Crippen molar-refractivity contribution in [1.82, 2.24) is 9.97 Å². The van der Waals surface area contributed by atoms with Gasteiger partial charge in [-0.05, 0) is 36.4 Å². The van der Waals surface area contributed by atoms with Gasteiger partial charge in [-0.3, -0.25) is 4.98 Å². The second-order valence-electron chi connectivity index (χ2n) is 3.63. The Labute approximate surface area is 97.9 Å². The zero-order valence-electron chi connectivity index (χ0n) is 8.44. The Morgan fingerprint density at radius 2 is 2.00 bits per heavy atom. The summed E-state index contributed by atoms with van der Waals surface area (Å²) >= 11 is 5.94. The van der Waals surface area contributed by atoms with Gasteiger partial charge in [0.1, 0.15) is 0 Å². The zero-order valence-corrected chi connectivity index (χ0v) is 9.20. The third-order valence-corrected chi connectivity index (χ3v) is 2.76. The van der Waals surface area contributed by atoms with Crippen molar-refractivity contribution in [2.75, 3.05) is 0 Å². The molecule has 1 aromatic carbocycles. The highest BCUT2D eigenvalue weighted by Crippen LogP contribution is 2.24. The topological polar surface area (TPSA) is 28.7 Å². The molecule has 3 rings (SSSR count). The number of halogens is 1. The van der Waals surface area contributed by atoms with E-state index in [-0.39, 0.29) is 0 Å². The number of nitrogens with zero attached hydrogens (tertiary/aromatic N) is 1. The monoisotopic (exact) mass is 228 g/mol. The molecule has 0 spiro atoms. The Kier molecular flexibility index (Phi) is 2.15. The maximum absolute atomic E-state index is 5.94. The molecule has 0 amide bonds. The molecule has 0 atom stereocenters. The van der Waals surface area contributed by atoms with Gasteiger partial charge in [0, 0.05) is 22.1 Å². The van der Waals surface area contributed by atoms with E-state index in [1.54, 1.807) is 6.20 Å². The summed E-state index contributed by atoms with van der Waals surface area (Å²) in [6.07, 6.45) is 1.79. The number of benzene rings is 1. The summed E-state index contributed by atoms with van der Waals surface area (Å²) in [6.45, 7) is 0. The van der Waals surface area contributed by atoms with Crippen molar-refractivity contribution in [3.05, 3.63) is 53.7 Å². The highest BCUT2D eigenvalue weighted by molar-refractivity contribution is 6.31. The average molecular weight is 229 g/mol. The number of hydrogen-bond donors (Lipinski definition) is 1. The van der Waals surface area contributed by atoms with E-state index >= 15 is 0 Å². The summed E-state index contributed by atoms with van der Waals surface area (Å²) < 4.78 is 0. The molecule has 0 aliphatic rings. The van der Waals surface area contributed by atoms with Gasteiger partial charge < -0.3 is 4.98 Å². The van der Waals surface area contributed by atoms with Crippen molar-refractivity contribution in [1.29, 1.82) is 0 Å². The highest BCUT2D eigenvalue weighted by atomic mass is 35.5. The predicted octanol–water partition coefficient (Wildman–Crippen LogP) is 3.88. The van der Waals surface area contributed by atoms with Crippen LogP contribution in [-0.4, -0.2) is 9.97 Å². The molecule has 0 saturated carbocycles. The fourth-order valence-electron chi connectivity index (χ4n) is 1.76. The fourth-order valence-corrected chi connectivity index (χ4v) is 1.94. The third-order valence-electron chi connectivity index (χ3n) is 2.52. The molecule has 2 aromatic heterocycles. The van der Waals surface area contributed by atoms with E-state index in [0.29, 0.717) is 0 Å². The van der Waals surface area contributed by atoms with Gasteiger partial charge in [-0.2, -0.15) is 0 Å². The Hall–Kier alpha value is -1.80. The lowest BCUT2D eigenvalue weighted by molar-refractivity contribution is 1.29. The Bertz CT molecular complexity index is 629. The molecule has 0 saturated heterocycles. The number of nitrogens with one attached hydrogen (secondary N) is 1. The standard InChI is InChI=1S/C13H9ClN2/c14-10-4-5-11-9(7-10)8-13(16-11)12-3-1-2-6-15-12/h1-8,16H. The van der Waals surface area contributed by atoms with Crippen LogP contribution in [0.5, 0.6) is 0 Å². The highest BCUT2D eigenvalue weighted by Gasteiger charge is 2.03. The molecular weight excluding hydrogens is 220 g/mol. The van der Waals surface area contributed by atoms with Crippen LogP contribution >= 0.6 is 11.6 Å². The van der Waals surface area contributed by atoms with Gasteiger partial charge in [-0.25, -0.2) is 0 Å². The SMILES string of the molecule is Clc1ccc2[nH]c(-c3ccccn3)cc2c1. The van der Waals surface area contributed by atoms with Gasteiger partial charge in [-0.15, -0.1) is 0 Å². The van der Waals surface area contributed by atoms with Crippen molar-refractivity contribution < 1.29 is 0 Å². The average Bonchev–Trinajstić information content (AvgIpc) is 2.73. The number of hydrogen-bond acceptors (Lipinski definition) is 1. The van der Waals surface area contributed by atoms with Crippen LogP contribution in [0.15, 0.2) is 48.7 Å². The lowest BCUT2D eigenvalue weighted by Crippen LogP contribution is -1.80. The van der Waals surface area contributed by atoms with E-state index in [4.69, 9.17) is 11.6 Å². The van der Waals surface area contributed by atoms with Gasteiger partial charge >= 0.3 is 0 Å². The number of aromatic nitrogens is 2. The Balaban J connectivity index is 2.19. The van der Waals surface area contributed by atoms with Gasteiger partial charge in [0.25, 0.3) is 0 Å². The first kappa shape index (κ1) is 9.43. The van der Waals surface area contributed by atoms with Crippen LogP contribution in [0.1, 0.15) is 0 Å². The minimum atomic E-state index is 0.749. The van der Waals surface area contributed by atoms with Crippen molar-refractivity contribution in [2.45, 2.75) is 0 Å². The molecule has 0 unspecified atom stereocenters. The third kappa shape index (κ3) is 1.57. The summed E-state index contributed by atoms with van der Waals surface area (Å²) in [4.78, 5) is 7.62. The van der Waals surface area contributed by atoms with Crippen molar-refractivity contribution in [3.63, 3.8) is 0 Å². The Morgan fingerprint density at radius 3 is 2.81 bits per heavy atom. The maximum atomic E-state index is 5.94. The summed E-state index contributed by atoms with van der Waals surface area (Å²) in [5.74, 6) is 0.